The molecule has 0 nitrogen and oxygen atoms in total. The topological polar surface area (TPSA) is 0 Å². The van der Waals surface area contributed by atoms with Crippen molar-refractivity contribution in [1.29, 1.82) is 0 Å². The van der Waals surface area contributed by atoms with E-state index in [1.54, 1.807) is 0 Å². The molecule has 1 heteroatoms. The average molecular weight is 578 g/mol. The number of fused-ring (bicyclic) bond motifs is 4. The third-order valence-electron chi connectivity index (χ3n) is 8.94. The van der Waals surface area contributed by atoms with Gasteiger partial charge < -0.3 is 0 Å². The molecule has 0 saturated carbocycles. The molecule has 0 radical (unpaired) electrons. The minimum Gasteiger partial charge on any atom is -0.0654 e. The quantitative estimate of drug-likeness (QED) is 0.144. The van der Waals surface area contributed by atoms with Gasteiger partial charge in [-0.1, -0.05) is 133 Å². The van der Waals surface area contributed by atoms with Gasteiger partial charge in [-0.3, -0.25) is 0 Å². The number of halogens is 1. The molecule has 1 unspecified atom stereocenters. The number of hydrogen-bond acceptors (Lipinski definition) is 0. The summed E-state index contributed by atoms with van der Waals surface area (Å²) >= 11 is 4.15. The van der Waals surface area contributed by atoms with Crippen molar-refractivity contribution in [3.05, 3.63) is 126 Å². The van der Waals surface area contributed by atoms with Gasteiger partial charge in [0.2, 0.25) is 0 Å². The Morgan fingerprint density at radius 2 is 1.27 bits per heavy atom. The summed E-state index contributed by atoms with van der Waals surface area (Å²) in [5, 5.41) is 14.6. The lowest BCUT2D eigenvalue weighted by Gasteiger charge is -2.28. The van der Waals surface area contributed by atoms with Gasteiger partial charge in [0.1, 0.15) is 0 Å². The Kier molecular flexibility index (Phi) is 5.57. The molecule has 8 rings (SSSR count). The van der Waals surface area contributed by atoms with Crippen molar-refractivity contribution in [2.75, 3.05) is 0 Å². The lowest BCUT2D eigenvalue weighted by molar-refractivity contribution is 0.670. The fourth-order valence-electron chi connectivity index (χ4n) is 7.02. The number of benzene rings is 7. The van der Waals surface area contributed by atoms with Crippen LogP contribution in [0.1, 0.15) is 37.3 Å². The van der Waals surface area contributed by atoms with E-state index in [-0.39, 0.29) is 0 Å². The molecule has 0 amide bonds. The minimum atomic E-state index is 0.334. The van der Waals surface area contributed by atoms with Crippen LogP contribution in [-0.2, 0) is 0 Å². The van der Waals surface area contributed by atoms with E-state index in [2.05, 4.69) is 138 Å². The highest BCUT2D eigenvalue weighted by atomic mass is 79.9. The van der Waals surface area contributed by atoms with Crippen molar-refractivity contribution >= 4 is 85.9 Å². The van der Waals surface area contributed by atoms with Gasteiger partial charge in [0.25, 0.3) is 0 Å². The standard InChI is InChI=1S/C39H29Br/c1-2-3-14-32-35(31-19-17-25-11-6-12-26-18-20-33(39(32)40)38(31)37(25)26)23-30-13-7-10-24-15-16-29-21-27-8-4-5-9-28(27)22-34(29)36(24)30/h4-13,15-23,32H,2-3,14H2,1H3. The van der Waals surface area contributed by atoms with Crippen LogP contribution in [0.25, 0.3) is 70.0 Å². The Hall–Kier alpha value is -3.94. The third-order valence-corrected chi connectivity index (χ3v) is 9.92. The second-order valence-corrected chi connectivity index (χ2v) is 12.1. The second-order valence-electron chi connectivity index (χ2n) is 11.3. The van der Waals surface area contributed by atoms with Crippen molar-refractivity contribution in [1.82, 2.24) is 0 Å². The summed E-state index contributed by atoms with van der Waals surface area (Å²) < 4.78 is 1.33. The molecule has 1 aliphatic carbocycles. The maximum Gasteiger partial charge on any atom is 0.0168 e. The zero-order valence-corrected chi connectivity index (χ0v) is 24.1. The largest absolute Gasteiger partial charge is 0.0654 e. The van der Waals surface area contributed by atoms with E-state index in [1.165, 1.54) is 93.1 Å². The molecule has 0 saturated heterocycles. The smallest absolute Gasteiger partial charge is 0.0168 e. The van der Waals surface area contributed by atoms with E-state index < -0.39 is 0 Å². The van der Waals surface area contributed by atoms with Crippen LogP contribution in [0.4, 0.5) is 0 Å². The first-order valence-corrected chi connectivity index (χ1v) is 15.2. The van der Waals surface area contributed by atoms with Crippen molar-refractivity contribution in [3.63, 3.8) is 0 Å². The van der Waals surface area contributed by atoms with E-state index in [9.17, 15) is 0 Å². The summed E-state index contributed by atoms with van der Waals surface area (Å²) in [5.41, 5.74) is 4.10. The molecule has 7 aromatic rings. The van der Waals surface area contributed by atoms with E-state index >= 15 is 0 Å². The Balaban J connectivity index is 1.46. The third kappa shape index (κ3) is 3.57. The summed E-state index contributed by atoms with van der Waals surface area (Å²) in [6.07, 6.45) is 6.03. The monoisotopic (exact) mass is 576 g/mol. The normalized spacial score (nSPS) is 16.3. The molecule has 0 heterocycles. The molecule has 0 N–H and O–H groups in total. The molecule has 0 aromatic heterocycles. The average Bonchev–Trinajstić information content (AvgIpc) is 2.99. The lowest BCUT2D eigenvalue weighted by Crippen LogP contribution is -2.20. The summed E-state index contributed by atoms with van der Waals surface area (Å²) in [6.45, 7) is 2.29. The van der Waals surface area contributed by atoms with Crippen LogP contribution in [-0.4, -0.2) is 0 Å². The molecule has 1 atom stereocenters. The highest BCUT2D eigenvalue weighted by Gasteiger charge is 2.27. The van der Waals surface area contributed by atoms with Gasteiger partial charge in [-0.25, -0.2) is 0 Å². The second kappa shape index (κ2) is 9.32. The van der Waals surface area contributed by atoms with Crippen molar-refractivity contribution in [2.24, 2.45) is 5.92 Å². The summed E-state index contributed by atoms with van der Waals surface area (Å²) in [6, 6.07) is 40.8. The van der Waals surface area contributed by atoms with Gasteiger partial charge in [0, 0.05) is 10.4 Å². The van der Waals surface area contributed by atoms with Crippen molar-refractivity contribution < 1.29 is 0 Å². The van der Waals surface area contributed by atoms with Crippen LogP contribution in [0.5, 0.6) is 0 Å². The summed E-state index contributed by atoms with van der Waals surface area (Å²) in [5.74, 6) is 0.334. The fraction of sp³-hybridized carbons (Fsp3) is 0.128. The van der Waals surface area contributed by atoms with Gasteiger partial charge in [0.05, 0.1) is 0 Å². The van der Waals surface area contributed by atoms with Gasteiger partial charge in [-0.05, 0) is 100 Å². The Bertz CT molecular complexity index is 2200. The molecule has 0 fully saturated rings. The molecule has 1 aliphatic rings. The Morgan fingerprint density at radius 3 is 2.08 bits per heavy atom. The van der Waals surface area contributed by atoms with E-state index in [1.807, 2.05) is 0 Å². The van der Waals surface area contributed by atoms with Gasteiger partial charge in [-0.2, -0.15) is 0 Å². The van der Waals surface area contributed by atoms with Gasteiger partial charge in [-0.15, -0.1) is 0 Å². The molecular formula is C39H29Br. The van der Waals surface area contributed by atoms with Crippen molar-refractivity contribution in [2.45, 2.75) is 26.2 Å². The Morgan fingerprint density at radius 1 is 0.625 bits per heavy atom. The zero-order chi connectivity index (χ0) is 26.8. The highest BCUT2D eigenvalue weighted by molar-refractivity contribution is 9.14. The Labute approximate surface area is 242 Å². The molecule has 7 aromatic carbocycles. The minimum absolute atomic E-state index is 0.334. The molecular weight excluding hydrogens is 548 g/mol. The lowest BCUT2D eigenvalue weighted by atomic mass is 9.78. The number of unbranched alkanes of at least 4 members (excludes halogenated alkanes) is 1. The van der Waals surface area contributed by atoms with E-state index in [4.69, 9.17) is 0 Å². The van der Waals surface area contributed by atoms with Crippen LogP contribution >= 0.6 is 15.9 Å². The predicted octanol–water partition coefficient (Wildman–Crippen LogP) is 11.0. The van der Waals surface area contributed by atoms with E-state index in [0.29, 0.717) is 5.92 Å². The molecule has 192 valence electrons. The van der Waals surface area contributed by atoms with Crippen LogP contribution in [0.3, 0.4) is 0 Å². The maximum absolute atomic E-state index is 4.15. The SMILES string of the molecule is CCCCC1C(=Cc2cccc3ccc4cc5ccccc5cc4c23)c2ccc3cccc4ccc(c2c34)=C1Br. The molecule has 0 spiro atoms. The first-order chi connectivity index (χ1) is 19.7. The van der Waals surface area contributed by atoms with Crippen LogP contribution in [0, 0.1) is 5.92 Å². The highest BCUT2D eigenvalue weighted by Crippen LogP contribution is 2.45. The number of rotatable bonds is 4. The van der Waals surface area contributed by atoms with Gasteiger partial charge in [0.15, 0.2) is 0 Å². The molecule has 40 heavy (non-hydrogen) atoms. The maximum atomic E-state index is 4.15. The summed E-state index contributed by atoms with van der Waals surface area (Å²) in [7, 11) is 0. The predicted molar refractivity (Wildman–Crippen MR) is 179 cm³/mol. The first-order valence-electron chi connectivity index (χ1n) is 14.4. The summed E-state index contributed by atoms with van der Waals surface area (Å²) in [4.78, 5) is 0. The van der Waals surface area contributed by atoms with Crippen LogP contribution < -0.4 is 5.22 Å². The first kappa shape index (κ1) is 23.9. The molecule has 0 aliphatic heterocycles. The zero-order valence-electron chi connectivity index (χ0n) is 22.5. The number of allylic oxidation sites excluding steroid dienone is 1. The number of hydrogen-bond donors (Lipinski definition) is 0. The fourth-order valence-corrected chi connectivity index (χ4v) is 7.83. The van der Waals surface area contributed by atoms with Crippen molar-refractivity contribution in [3.8, 4) is 0 Å². The van der Waals surface area contributed by atoms with Crippen LogP contribution in [0.15, 0.2) is 109 Å². The van der Waals surface area contributed by atoms with E-state index in [0.717, 1.165) is 6.42 Å². The molecule has 0 bridgehead atoms. The van der Waals surface area contributed by atoms with Gasteiger partial charge >= 0.3 is 0 Å². The van der Waals surface area contributed by atoms with Crippen LogP contribution in [0.2, 0.25) is 0 Å².